The number of hydrazone groups is 1. The first-order valence-electron chi connectivity index (χ1n) is 9.94. The molecular weight excluding hydrogens is 420 g/mol. The van der Waals surface area contributed by atoms with Gasteiger partial charge in [-0.05, 0) is 29.8 Å². The van der Waals surface area contributed by atoms with Gasteiger partial charge in [-0.1, -0.05) is 35.9 Å². The number of carboxylic acids is 1. The Morgan fingerprint density at radius 1 is 1.06 bits per heavy atom. The molecule has 31 heavy (non-hydrogen) atoms. The predicted molar refractivity (Wildman–Crippen MR) is 118 cm³/mol. The maximum absolute atomic E-state index is 12.2. The summed E-state index contributed by atoms with van der Waals surface area (Å²) < 4.78 is 5.21. The number of hydrogen-bond acceptors (Lipinski definition) is 6. The summed E-state index contributed by atoms with van der Waals surface area (Å²) >= 11 is 5.93. The maximum atomic E-state index is 12.2. The normalized spacial score (nSPS) is 15.1. The largest absolute Gasteiger partial charge is 0.481 e. The van der Waals surface area contributed by atoms with E-state index < -0.39 is 12.6 Å². The Morgan fingerprint density at radius 3 is 2.45 bits per heavy atom. The Labute approximate surface area is 186 Å². The van der Waals surface area contributed by atoms with Crippen LogP contribution in [-0.2, 0) is 16.1 Å². The molecule has 0 unspecified atom stereocenters. The van der Waals surface area contributed by atoms with Crippen LogP contribution in [-0.4, -0.2) is 72.3 Å². The molecular formula is C22H25ClN4O4. The molecule has 9 heteroatoms. The van der Waals surface area contributed by atoms with Gasteiger partial charge in [-0.25, -0.2) is 10.2 Å². The van der Waals surface area contributed by atoms with E-state index in [0.29, 0.717) is 11.3 Å². The first-order valence-corrected chi connectivity index (χ1v) is 10.3. The standard InChI is InChI=1S/C22H25ClN4O4/c23-19-7-5-17(6-8-19)14-26-9-11-27(12-10-26)15-21(28)25-24-13-18-3-1-2-4-20(18)31-16-22(29)30/h1-8,13H,9-12,14-16H2,(H,25,28)(H,29,30). The first-order chi connectivity index (χ1) is 15.0. The summed E-state index contributed by atoms with van der Waals surface area (Å²) in [5.41, 5.74) is 4.32. The molecule has 2 aromatic carbocycles. The minimum Gasteiger partial charge on any atom is -0.481 e. The Bertz CT molecular complexity index is 912. The number of hydrogen-bond donors (Lipinski definition) is 2. The van der Waals surface area contributed by atoms with Crippen LogP contribution in [0.2, 0.25) is 5.02 Å². The lowest BCUT2D eigenvalue weighted by Crippen LogP contribution is -2.48. The van der Waals surface area contributed by atoms with Crippen molar-refractivity contribution in [2.24, 2.45) is 5.10 Å². The monoisotopic (exact) mass is 444 g/mol. The molecule has 0 aliphatic carbocycles. The fourth-order valence-electron chi connectivity index (χ4n) is 3.22. The number of nitrogens with zero attached hydrogens (tertiary/aromatic N) is 3. The van der Waals surface area contributed by atoms with Crippen LogP contribution in [0.25, 0.3) is 0 Å². The molecule has 1 fully saturated rings. The van der Waals surface area contributed by atoms with Gasteiger partial charge in [0.05, 0.1) is 12.8 Å². The van der Waals surface area contributed by atoms with Gasteiger partial charge in [-0.3, -0.25) is 14.6 Å². The quantitative estimate of drug-likeness (QED) is 0.454. The molecule has 8 nitrogen and oxygen atoms in total. The van der Waals surface area contributed by atoms with E-state index in [2.05, 4.69) is 20.3 Å². The van der Waals surface area contributed by atoms with Gasteiger partial charge in [0.2, 0.25) is 0 Å². The van der Waals surface area contributed by atoms with Crippen molar-refractivity contribution in [2.75, 3.05) is 39.3 Å². The number of carboxylic acid groups (broad SMARTS) is 1. The topological polar surface area (TPSA) is 94.5 Å². The second kappa shape index (κ2) is 11.5. The Balaban J connectivity index is 1.41. The zero-order chi connectivity index (χ0) is 22.1. The number of rotatable bonds is 9. The van der Waals surface area contributed by atoms with Crippen LogP contribution < -0.4 is 10.2 Å². The van der Waals surface area contributed by atoms with Crippen LogP contribution in [0.5, 0.6) is 5.75 Å². The van der Waals surface area contributed by atoms with Gasteiger partial charge in [-0.2, -0.15) is 5.10 Å². The van der Waals surface area contributed by atoms with Gasteiger partial charge in [0.1, 0.15) is 5.75 Å². The highest BCUT2D eigenvalue weighted by Crippen LogP contribution is 2.16. The minimum absolute atomic E-state index is 0.202. The summed E-state index contributed by atoms with van der Waals surface area (Å²) in [6.07, 6.45) is 1.44. The Kier molecular flexibility index (Phi) is 8.40. The lowest BCUT2D eigenvalue weighted by Gasteiger charge is -2.34. The van der Waals surface area contributed by atoms with Crippen molar-refractivity contribution in [1.29, 1.82) is 0 Å². The van der Waals surface area contributed by atoms with Crippen LogP contribution in [0.1, 0.15) is 11.1 Å². The molecule has 1 aliphatic heterocycles. The molecule has 1 saturated heterocycles. The molecule has 1 amide bonds. The maximum Gasteiger partial charge on any atom is 0.341 e. The van der Waals surface area contributed by atoms with Crippen molar-refractivity contribution in [3.05, 3.63) is 64.7 Å². The van der Waals surface area contributed by atoms with Crippen molar-refractivity contribution in [3.8, 4) is 5.75 Å². The molecule has 3 rings (SSSR count). The third-order valence-corrected chi connectivity index (χ3v) is 5.07. The number of ether oxygens (including phenoxy) is 1. The summed E-state index contributed by atoms with van der Waals surface area (Å²) in [7, 11) is 0. The highest BCUT2D eigenvalue weighted by Gasteiger charge is 2.18. The lowest BCUT2D eigenvalue weighted by atomic mass is 10.2. The molecule has 1 aliphatic rings. The van der Waals surface area contributed by atoms with E-state index >= 15 is 0 Å². The summed E-state index contributed by atoms with van der Waals surface area (Å²) in [4.78, 5) is 27.3. The zero-order valence-electron chi connectivity index (χ0n) is 17.0. The van der Waals surface area contributed by atoms with Gasteiger partial charge in [0.25, 0.3) is 5.91 Å². The fraction of sp³-hybridized carbons (Fsp3) is 0.318. The van der Waals surface area contributed by atoms with E-state index in [1.807, 2.05) is 24.3 Å². The molecule has 0 radical (unpaired) electrons. The minimum atomic E-state index is -1.06. The van der Waals surface area contributed by atoms with Crippen LogP contribution >= 0.6 is 11.6 Å². The number of halogens is 1. The summed E-state index contributed by atoms with van der Waals surface area (Å²) in [6, 6.07) is 14.8. The molecule has 0 atom stereocenters. The zero-order valence-corrected chi connectivity index (χ0v) is 17.8. The Hall–Kier alpha value is -2.94. The van der Waals surface area contributed by atoms with Gasteiger partial charge in [0, 0.05) is 43.3 Å². The number of piperazine rings is 1. The van der Waals surface area contributed by atoms with E-state index in [4.69, 9.17) is 21.4 Å². The highest BCUT2D eigenvalue weighted by atomic mass is 35.5. The number of carbonyl (C=O) groups is 2. The molecule has 0 spiro atoms. The van der Waals surface area contributed by atoms with Crippen LogP contribution in [0.15, 0.2) is 53.6 Å². The molecule has 2 aromatic rings. The van der Waals surface area contributed by atoms with Crippen LogP contribution in [0.4, 0.5) is 0 Å². The van der Waals surface area contributed by atoms with Gasteiger partial charge in [-0.15, -0.1) is 0 Å². The summed E-state index contributed by atoms with van der Waals surface area (Å²) in [5, 5.41) is 13.4. The van der Waals surface area contributed by atoms with Crippen molar-refractivity contribution >= 4 is 29.7 Å². The van der Waals surface area contributed by atoms with E-state index in [0.717, 1.165) is 37.7 Å². The molecule has 0 bridgehead atoms. The fourth-order valence-corrected chi connectivity index (χ4v) is 3.35. The SMILES string of the molecule is O=C(O)COc1ccccc1C=NNC(=O)CN1CCN(Cc2ccc(Cl)cc2)CC1. The third-order valence-electron chi connectivity index (χ3n) is 4.81. The number of carbonyl (C=O) groups excluding carboxylic acids is 1. The second-order valence-electron chi connectivity index (χ2n) is 7.19. The lowest BCUT2D eigenvalue weighted by molar-refractivity contribution is -0.139. The van der Waals surface area contributed by atoms with Gasteiger partial charge >= 0.3 is 5.97 Å². The van der Waals surface area contributed by atoms with E-state index in [9.17, 15) is 9.59 Å². The van der Waals surface area contributed by atoms with E-state index in [-0.39, 0.29) is 12.5 Å². The predicted octanol–water partition coefficient (Wildman–Crippen LogP) is 2.07. The first kappa shape index (κ1) is 22.7. The number of benzene rings is 2. The molecule has 2 N–H and O–H groups in total. The van der Waals surface area contributed by atoms with Crippen LogP contribution in [0.3, 0.4) is 0 Å². The number of aliphatic carboxylic acids is 1. The third kappa shape index (κ3) is 7.67. The Morgan fingerprint density at radius 2 is 1.74 bits per heavy atom. The molecule has 164 valence electrons. The van der Waals surface area contributed by atoms with Crippen molar-refractivity contribution in [3.63, 3.8) is 0 Å². The number of amides is 1. The highest BCUT2D eigenvalue weighted by molar-refractivity contribution is 6.30. The van der Waals surface area contributed by atoms with Crippen LogP contribution in [0, 0.1) is 0 Å². The van der Waals surface area contributed by atoms with Crippen molar-refractivity contribution < 1.29 is 19.4 Å². The van der Waals surface area contributed by atoms with Crippen molar-refractivity contribution in [2.45, 2.75) is 6.54 Å². The van der Waals surface area contributed by atoms with E-state index in [1.165, 1.54) is 11.8 Å². The molecule has 0 aromatic heterocycles. The number of nitrogens with one attached hydrogen (secondary N) is 1. The van der Waals surface area contributed by atoms with Gasteiger partial charge < -0.3 is 9.84 Å². The second-order valence-corrected chi connectivity index (χ2v) is 7.63. The average molecular weight is 445 g/mol. The number of para-hydroxylation sites is 1. The van der Waals surface area contributed by atoms with E-state index in [1.54, 1.807) is 24.3 Å². The average Bonchev–Trinajstić information content (AvgIpc) is 2.76. The van der Waals surface area contributed by atoms with Gasteiger partial charge in [0.15, 0.2) is 6.61 Å². The molecule has 0 saturated carbocycles. The van der Waals surface area contributed by atoms with Crippen molar-refractivity contribution in [1.82, 2.24) is 15.2 Å². The molecule has 1 heterocycles. The summed E-state index contributed by atoms with van der Waals surface area (Å²) in [6.45, 7) is 4.06. The summed E-state index contributed by atoms with van der Waals surface area (Å²) in [5.74, 6) is -0.876. The smallest absolute Gasteiger partial charge is 0.341 e.